The van der Waals surface area contributed by atoms with E-state index >= 15 is 0 Å². The van der Waals surface area contributed by atoms with Crippen LogP contribution in [0.15, 0.2) is 47.1 Å². The number of aliphatic hydroxyl groups excluding tert-OH is 1. The van der Waals surface area contributed by atoms with E-state index in [2.05, 4.69) is 33.1 Å². The topological polar surface area (TPSA) is 143 Å². The predicted octanol–water partition coefficient (Wildman–Crippen LogP) is 4.14. The molecule has 5 heterocycles. The number of hydrogen-bond acceptors (Lipinski definition) is 11. The highest BCUT2D eigenvalue weighted by Crippen LogP contribution is 2.36. The van der Waals surface area contributed by atoms with E-state index in [-0.39, 0.29) is 26.0 Å². The summed E-state index contributed by atoms with van der Waals surface area (Å²) in [4.78, 5) is 18.4. The Balaban J connectivity index is 1.29. The number of imidazole rings is 1. The zero-order valence-electron chi connectivity index (χ0n) is 25.8. The van der Waals surface area contributed by atoms with Gasteiger partial charge in [0.2, 0.25) is 0 Å². The Labute approximate surface area is 269 Å². The second-order valence-electron chi connectivity index (χ2n) is 12.2. The molecule has 45 heavy (non-hydrogen) atoms. The fourth-order valence-corrected chi connectivity index (χ4v) is 6.52. The molecule has 2 saturated heterocycles. The van der Waals surface area contributed by atoms with Crippen molar-refractivity contribution >= 4 is 48.3 Å². The van der Waals surface area contributed by atoms with E-state index in [4.69, 9.17) is 40.5 Å². The van der Waals surface area contributed by atoms with Gasteiger partial charge in [-0.05, 0) is 24.8 Å². The van der Waals surface area contributed by atoms with Gasteiger partial charge < -0.3 is 24.1 Å². The molecule has 2 aliphatic heterocycles. The normalized spacial score (nSPS) is 22.1. The molecule has 0 spiro atoms. The maximum atomic E-state index is 12.0. The summed E-state index contributed by atoms with van der Waals surface area (Å²) >= 11 is 6.76. The maximum absolute atomic E-state index is 12.0. The molecule has 0 aliphatic carbocycles. The van der Waals surface area contributed by atoms with E-state index in [0.717, 1.165) is 16.9 Å². The van der Waals surface area contributed by atoms with Gasteiger partial charge in [0, 0.05) is 39.1 Å². The van der Waals surface area contributed by atoms with E-state index in [1.165, 1.54) is 6.20 Å². The molecule has 15 heteroatoms. The molecule has 2 aliphatic rings. The van der Waals surface area contributed by atoms with Crippen molar-refractivity contribution in [2.75, 3.05) is 56.9 Å². The first-order valence-corrected chi connectivity index (χ1v) is 20.1. The van der Waals surface area contributed by atoms with E-state index in [0.29, 0.717) is 46.0 Å². The zero-order valence-corrected chi connectivity index (χ0v) is 28.1. The van der Waals surface area contributed by atoms with Gasteiger partial charge in [0.1, 0.15) is 30.6 Å². The number of halogens is 1. The lowest BCUT2D eigenvalue weighted by Crippen LogP contribution is -2.35. The number of aromatic nitrogens is 5. The number of benzene rings is 1. The van der Waals surface area contributed by atoms with Crippen molar-refractivity contribution < 1.29 is 28.3 Å². The molecular weight excluding hydrogens is 640 g/mol. The first-order valence-electron chi connectivity index (χ1n) is 14.3. The molecule has 242 valence electrons. The Bertz CT molecular complexity index is 1800. The van der Waals surface area contributed by atoms with Crippen molar-refractivity contribution in [2.24, 2.45) is 4.36 Å². The minimum Gasteiger partial charge on any atom is -0.456 e. The van der Waals surface area contributed by atoms with Gasteiger partial charge in [-0.2, -0.15) is 9.35 Å². The quantitative estimate of drug-likeness (QED) is 0.244. The highest BCUT2D eigenvalue weighted by molar-refractivity contribution is 8.32. The van der Waals surface area contributed by atoms with Crippen LogP contribution in [0.25, 0.3) is 33.7 Å². The molecule has 12 nitrogen and oxygen atoms in total. The van der Waals surface area contributed by atoms with Crippen LogP contribution in [-0.4, -0.2) is 115 Å². The zero-order chi connectivity index (χ0) is 31.9. The Kier molecular flexibility index (Phi) is 9.09. The van der Waals surface area contributed by atoms with Gasteiger partial charge in [-0.15, -0.1) is 0 Å². The summed E-state index contributed by atoms with van der Waals surface area (Å²) in [5.41, 5.74) is 4.00. The number of fused-ring (bicyclic) bond motifs is 2. The van der Waals surface area contributed by atoms with Gasteiger partial charge in [0.25, 0.3) is 0 Å². The summed E-state index contributed by atoms with van der Waals surface area (Å²) in [6, 6.07) is 9.75. The molecule has 2 fully saturated rings. The summed E-state index contributed by atoms with van der Waals surface area (Å²) in [5.74, 6) is 1.28. The number of hydrogen-bond donors (Lipinski definition) is 1. The second kappa shape index (κ2) is 12.7. The Morgan fingerprint density at radius 1 is 1.02 bits per heavy atom. The van der Waals surface area contributed by atoms with Crippen LogP contribution in [0.3, 0.4) is 0 Å². The predicted molar refractivity (Wildman–Crippen MR) is 177 cm³/mol. The van der Waals surface area contributed by atoms with Gasteiger partial charge in [-0.25, -0.2) is 24.2 Å². The third kappa shape index (κ3) is 7.43. The van der Waals surface area contributed by atoms with Crippen LogP contribution in [0, 0.1) is 0 Å². The molecule has 0 saturated carbocycles. The summed E-state index contributed by atoms with van der Waals surface area (Å²) in [7, 11) is -3.05. The molecule has 1 N–H and O–H groups in total. The third-order valence-corrected chi connectivity index (χ3v) is 9.65. The fraction of sp³-hybridized carbons (Fsp3) is 0.467. The molecule has 4 aromatic rings. The molecule has 2 unspecified atom stereocenters. The highest BCUT2D eigenvalue weighted by atomic mass is 35.5. The van der Waals surface area contributed by atoms with Crippen LogP contribution in [0.2, 0.25) is 5.02 Å². The molecule has 0 amide bonds. The van der Waals surface area contributed by atoms with Crippen molar-refractivity contribution in [2.45, 2.75) is 31.1 Å². The van der Waals surface area contributed by atoms with Crippen molar-refractivity contribution in [3.8, 4) is 28.5 Å². The van der Waals surface area contributed by atoms with Crippen LogP contribution >= 0.6 is 21.6 Å². The molecule has 3 aromatic heterocycles. The van der Waals surface area contributed by atoms with E-state index in [1.54, 1.807) is 29.3 Å². The largest absolute Gasteiger partial charge is 0.456 e. The van der Waals surface area contributed by atoms with Gasteiger partial charge in [-0.3, -0.25) is 9.55 Å². The Morgan fingerprint density at radius 2 is 1.76 bits per heavy atom. The first-order chi connectivity index (χ1) is 21.3. The Morgan fingerprint density at radius 3 is 2.44 bits per heavy atom. The second-order valence-corrected chi connectivity index (χ2v) is 19.8. The molecule has 6 rings (SSSR count). The standard InChI is InChI=1S/C30H37ClN6O6S2/c1-44(2,3)11-10-40-17-37-29-21(34-30(37)43-24-16-42-27-23(38)15-41-28(24)27)12-20(31)26(35-29)19-8-6-18(7-9-19)22-13-33-25(14-32-22)36-45(4,5)39/h6-9,12-14,23-24,27-28,38H,10-11,15-17H2,1-5H3/t23?,24?,27-,28-/m1/s1. The number of ether oxygens (including phenoxy) is 4. The van der Waals surface area contributed by atoms with Crippen LogP contribution < -0.4 is 4.74 Å². The minimum atomic E-state index is -2.33. The third-order valence-electron chi connectivity index (χ3n) is 7.34. The van der Waals surface area contributed by atoms with Gasteiger partial charge in [0.15, 0.2) is 17.6 Å². The molecule has 4 atom stereocenters. The van der Waals surface area contributed by atoms with Gasteiger partial charge in [-0.1, -0.05) is 35.9 Å². The lowest BCUT2D eigenvalue weighted by atomic mass is 10.1. The smallest absolute Gasteiger partial charge is 0.301 e. The monoisotopic (exact) mass is 676 g/mol. The summed E-state index contributed by atoms with van der Waals surface area (Å²) in [5, 5.41) is 10.6. The summed E-state index contributed by atoms with van der Waals surface area (Å²) in [6.45, 7) is 1.25. The van der Waals surface area contributed by atoms with Crippen molar-refractivity contribution in [1.29, 1.82) is 0 Å². The van der Waals surface area contributed by atoms with Crippen LogP contribution in [0.1, 0.15) is 0 Å². The molecule has 0 radical (unpaired) electrons. The molecule has 0 bridgehead atoms. The Hall–Kier alpha value is -2.85. The van der Waals surface area contributed by atoms with E-state index in [1.807, 2.05) is 24.3 Å². The van der Waals surface area contributed by atoms with Crippen LogP contribution in [0.5, 0.6) is 6.01 Å². The number of pyridine rings is 1. The lowest BCUT2D eigenvalue weighted by molar-refractivity contribution is 0.00344. The fourth-order valence-electron chi connectivity index (χ4n) is 5.10. The first kappa shape index (κ1) is 32.1. The van der Waals surface area contributed by atoms with Gasteiger partial charge in [0.05, 0.1) is 48.6 Å². The minimum absolute atomic E-state index is 0.186. The summed E-state index contributed by atoms with van der Waals surface area (Å²) in [6.07, 6.45) is 11.0. The van der Waals surface area contributed by atoms with Crippen molar-refractivity contribution in [3.05, 3.63) is 47.7 Å². The summed E-state index contributed by atoms with van der Waals surface area (Å²) < 4.78 is 41.8. The van der Waals surface area contributed by atoms with Crippen LogP contribution in [-0.2, 0) is 30.7 Å². The average molecular weight is 677 g/mol. The van der Waals surface area contributed by atoms with Crippen LogP contribution in [0.4, 0.5) is 5.82 Å². The lowest BCUT2D eigenvalue weighted by Gasteiger charge is -2.24. The van der Waals surface area contributed by atoms with Gasteiger partial charge >= 0.3 is 6.01 Å². The number of rotatable bonds is 10. The molecule has 1 aromatic carbocycles. The number of aliphatic hydroxyl groups is 1. The van der Waals surface area contributed by atoms with E-state index < -0.39 is 38.1 Å². The van der Waals surface area contributed by atoms with E-state index in [9.17, 15) is 9.32 Å². The number of nitrogens with zero attached hydrogens (tertiary/aromatic N) is 6. The van der Waals surface area contributed by atoms with Crippen molar-refractivity contribution in [1.82, 2.24) is 24.5 Å². The average Bonchev–Trinajstić information content (AvgIpc) is 3.65. The molecular formula is C30H37ClN6O6S2. The SMILES string of the molecule is CS(C)(C)CCOCn1c(OC2CO[C@@H]3C(O)CO[C@H]23)nc2cc(Cl)c(-c3ccc(-c4cnc(N=S(C)(C)=O)cn4)cc3)nc21. The maximum Gasteiger partial charge on any atom is 0.301 e. The highest BCUT2D eigenvalue weighted by Gasteiger charge is 2.49. The van der Waals surface area contributed by atoms with Crippen molar-refractivity contribution in [3.63, 3.8) is 0 Å².